The third-order valence-corrected chi connectivity index (χ3v) is 11.4. The lowest BCUT2D eigenvalue weighted by atomic mass is 9.74. The number of carbonyl (C=O) groups excluding carboxylic acids is 4. The highest BCUT2D eigenvalue weighted by molar-refractivity contribution is 9.11. The molecule has 4 aliphatic rings. The molecule has 2 fully saturated rings. The number of esters is 1. The summed E-state index contributed by atoms with van der Waals surface area (Å²) in [7, 11) is 0. The summed E-state index contributed by atoms with van der Waals surface area (Å²) in [6, 6.07) is 20.2. The Bertz CT molecular complexity index is 1910. The molecule has 2 N–H and O–H groups in total. The number of rotatable bonds is 5. The van der Waals surface area contributed by atoms with E-state index in [9.17, 15) is 19.5 Å². The van der Waals surface area contributed by atoms with Crippen molar-refractivity contribution >= 4 is 56.1 Å². The first kappa shape index (κ1) is 35.1. The van der Waals surface area contributed by atoms with Crippen LogP contribution >= 0.6 is 15.9 Å². The van der Waals surface area contributed by atoms with E-state index < -0.39 is 65.6 Å². The van der Waals surface area contributed by atoms with Gasteiger partial charge in [0, 0.05) is 23.1 Å². The van der Waals surface area contributed by atoms with Crippen LogP contribution in [-0.2, 0) is 28.7 Å². The minimum absolute atomic E-state index is 0.149. The van der Waals surface area contributed by atoms with E-state index in [4.69, 9.17) is 9.47 Å². The number of amides is 3. The number of nitrogens with zero attached hydrogens (tertiary/aromatic N) is 2. The zero-order valence-electron chi connectivity index (χ0n) is 28.8. The van der Waals surface area contributed by atoms with E-state index in [0.717, 1.165) is 10.8 Å². The van der Waals surface area contributed by atoms with Gasteiger partial charge in [0.05, 0.1) is 24.6 Å². The van der Waals surface area contributed by atoms with Crippen molar-refractivity contribution in [3.63, 3.8) is 0 Å². The maximum absolute atomic E-state index is 15.3. The average molecular weight is 757 g/mol. The first-order chi connectivity index (χ1) is 24.6. The minimum atomic E-state index is -1.52. The van der Waals surface area contributed by atoms with Crippen molar-refractivity contribution in [1.82, 2.24) is 10.2 Å². The van der Waals surface area contributed by atoms with Crippen LogP contribution in [0.2, 0.25) is 0 Å². The summed E-state index contributed by atoms with van der Waals surface area (Å²) >= 11 is 3.62. The molecule has 51 heavy (non-hydrogen) atoms. The zero-order valence-corrected chi connectivity index (χ0v) is 30.4. The molecule has 7 rings (SSSR count). The van der Waals surface area contributed by atoms with Crippen LogP contribution in [0.3, 0.4) is 0 Å². The number of benzene rings is 3. The third kappa shape index (κ3) is 6.08. The van der Waals surface area contributed by atoms with Gasteiger partial charge in [-0.3, -0.25) is 19.2 Å². The lowest BCUT2D eigenvalue weighted by molar-refractivity contribution is -0.162. The Morgan fingerprint density at radius 3 is 2.39 bits per heavy atom. The first-order valence-corrected chi connectivity index (χ1v) is 18.3. The second-order valence-corrected chi connectivity index (χ2v) is 15.1. The summed E-state index contributed by atoms with van der Waals surface area (Å²) in [5.41, 5.74) is -0.218. The molecule has 3 aromatic rings. The standard InChI is InChI=1S/C40H42BrN3O7/c1-23(2)30(22-45)44-36-38(48)43(28-18-17-25-12-9-10-15-27(25)20-28)19-11-5-8-16-31(46)42-24(3)34(26-13-6-4-7-14-26)50-39(49)32-33(37(44)47)40(36)21-29(41)35(32)51-40/h4-7,9-15,17-18,20-21,23-24,30,32-36,45H,8,16,19,22H2,1-3H3,(H,42,46)/b11-5-/t24-,30-,32+,33-,34+,35+,36+,40-/m0/s1. The molecule has 0 saturated carbocycles. The molecule has 5 bridgehead atoms. The van der Waals surface area contributed by atoms with Crippen molar-refractivity contribution in [2.24, 2.45) is 17.8 Å². The molecule has 266 valence electrons. The molecule has 8 atom stereocenters. The van der Waals surface area contributed by atoms with E-state index in [1.807, 2.05) is 98.8 Å². The van der Waals surface area contributed by atoms with E-state index >= 15 is 4.79 Å². The van der Waals surface area contributed by atoms with Crippen molar-refractivity contribution in [1.29, 1.82) is 0 Å². The Balaban J connectivity index is 1.38. The summed E-state index contributed by atoms with van der Waals surface area (Å²) in [6.45, 7) is 5.33. The van der Waals surface area contributed by atoms with Crippen molar-refractivity contribution < 1.29 is 33.8 Å². The summed E-state index contributed by atoms with van der Waals surface area (Å²) in [6.07, 6.45) is 4.36. The van der Waals surface area contributed by atoms with Crippen molar-refractivity contribution in [2.45, 2.75) is 69.5 Å². The number of ether oxygens (including phenoxy) is 2. The molecule has 10 nitrogen and oxygen atoms in total. The quantitative estimate of drug-likeness (QED) is 0.271. The molecule has 4 heterocycles. The van der Waals surface area contributed by atoms with E-state index in [1.54, 1.807) is 17.9 Å². The maximum Gasteiger partial charge on any atom is 0.313 e. The highest BCUT2D eigenvalue weighted by atomic mass is 79.9. The van der Waals surface area contributed by atoms with E-state index in [0.29, 0.717) is 22.2 Å². The fourth-order valence-corrected chi connectivity index (χ4v) is 8.95. The van der Waals surface area contributed by atoms with Crippen LogP contribution < -0.4 is 10.2 Å². The van der Waals surface area contributed by atoms with Crippen LogP contribution in [0.25, 0.3) is 10.8 Å². The number of nitrogens with one attached hydrogen (secondary N) is 1. The molecule has 0 aromatic heterocycles. The Labute approximate surface area is 305 Å². The molecule has 11 heteroatoms. The number of allylic oxidation sites excluding steroid dienone is 1. The highest BCUT2D eigenvalue weighted by Crippen LogP contribution is 2.59. The second kappa shape index (κ2) is 14.0. The molecular formula is C40H42BrN3O7. The highest BCUT2D eigenvalue weighted by Gasteiger charge is 2.75. The van der Waals surface area contributed by atoms with Crippen molar-refractivity contribution in [3.05, 3.63) is 101 Å². The van der Waals surface area contributed by atoms with Gasteiger partial charge in [-0.25, -0.2) is 0 Å². The number of aliphatic hydroxyl groups is 1. The van der Waals surface area contributed by atoms with Gasteiger partial charge in [-0.15, -0.1) is 0 Å². The molecule has 4 aliphatic heterocycles. The summed E-state index contributed by atoms with van der Waals surface area (Å²) < 4.78 is 13.5. The van der Waals surface area contributed by atoms with Gasteiger partial charge in [-0.1, -0.05) is 103 Å². The van der Waals surface area contributed by atoms with Gasteiger partial charge in [0.2, 0.25) is 11.8 Å². The van der Waals surface area contributed by atoms with Gasteiger partial charge in [0.25, 0.3) is 5.91 Å². The minimum Gasteiger partial charge on any atom is -0.455 e. The molecule has 3 aromatic carbocycles. The van der Waals surface area contributed by atoms with Gasteiger partial charge in [0.1, 0.15) is 29.8 Å². The monoisotopic (exact) mass is 755 g/mol. The summed E-state index contributed by atoms with van der Waals surface area (Å²) in [5, 5.41) is 15.7. The third-order valence-electron chi connectivity index (χ3n) is 10.7. The molecule has 0 aliphatic carbocycles. The van der Waals surface area contributed by atoms with Crippen LogP contribution in [0.1, 0.15) is 45.3 Å². The molecular weight excluding hydrogens is 714 g/mol. The molecule has 3 amide bonds. The Morgan fingerprint density at radius 2 is 1.67 bits per heavy atom. The fourth-order valence-electron chi connectivity index (χ4n) is 8.22. The normalized spacial score (nSPS) is 31.1. The Hall–Kier alpha value is -4.32. The Morgan fingerprint density at radius 1 is 0.941 bits per heavy atom. The van der Waals surface area contributed by atoms with Gasteiger partial charge in [-0.05, 0) is 53.8 Å². The lowest BCUT2D eigenvalue weighted by Gasteiger charge is -2.40. The molecule has 2 saturated heterocycles. The van der Waals surface area contributed by atoms with E-state index in [-0.39, 0.29) is 31.4 Å². The largest absolute Gasteiger partial charge is 0.455 e. The Kier molecular flexibility index (Phi) is 9.64. The van der Waals surface area contributed by atoms with E-state index in [2.05, 4.69) is 21.2 Å². The predicted octanol–water partition coefficient (Wildman–Crippen LogP) is 5.20. The number of fused-ring (bicyclic) bond motifs is 3. The van der Waals surface area contributed by atoms with Crippen LogP contribution in [0.15, 0.2) is 95.5 Å². The number of halogens is 1. The smallest absolute Gasteiger partial charge is 0.313 e. The van der Waals surface area contributed by atoms with Crippen LogP contribution in [0.4, 0.5) is 5.69 Å². The fraction of sp³-hybridized carbons (Fsp3) is 0.400. The SMILES string of the molecule is CC(C)[C@H](CO)N1C(=O)[C@@H]2[C@H]3C(=O)O[C@@H](c4ccccc4)[C@H](C)NC(=O)CC/C=C\CN(c4ccc5ccccc5c4)C(=O)[C@@H]1[C@]21C=C(Br)[C@H]3O1. The van der Waals surface area contributed by atoms with Crippen molar-refractivity contribution in [2.75, 3.05) is 18.1 Å². The number of likely N-dealkylation sites (tertiary alicyclic amines) is 1. The number of carbonyl (C=O) groups is 4. The van der Waals surface area contributed by atoms with Crippen LogP contribution in [-0.4, -0.2) is 76.7 Å². The van der Waals surface area contributed by atoms with Gasteiger partial charge in [0.15, 0.2) is 0 Å². The number of aliphatic hydroxyl groups excluding tert-OH is 1. The topological polar surface area (TPSA) is 125 Å². The number of hydrogen-bond acceptors (Lipinski definition) is 7. The predicted molar refractivity (Wildman–Crippen MR) is 195 cm³/mol. The molecule has 0 radical (unpaired) electrons. The number of anilines is 1. The first-order valence-electron chi connectivity index (χ1n) is 17.5. The molecule has 1 spiro atoms. The van der Waals surface area contributed by atoms with Gasteiger partial charge >= 0.3 is 5.97 Å². The number of hydrogen-bond donors (Lipinski definition) is 2. The maximum atomic E-state index is 15.3. The van der Waals surface area contributed by atoms with Crippen LogP contribution in [0.5, 0.6) is 0 Å². The summed E-state index contributed by atoms with van der Waals surface area (Å²) in [4.78, 5) is 60.8. The van der Waals surface area contributed by atoms with Crippen molar-refractivity contribution in [3.8, 4) is 0 Å². The number of cyclic esters (lactones) is 1. The lowest BCUT2D eigenvalue weighted by Crippen LogP contribution is -2.59. The molecule has 0 unspecified atom stereocenters. The van der Waals surface area contributed by atoms with Gasteiger partial charge < -0.3 is 29.7 Å². The summed E-state index contributed by atoms with van der Waals surface area (Å²) in [5.74, 6) is -4.15. The average Bonchev–Trinajstić information content (AvgIpc) is 3.71. The second-order valence-electron chi connectivity index (χ2n) is 14.2. The van der Waals surface area contributed by atoms with Crippen LogP contribution in [0, 0.1) is 17.8 Å². The van der Waals surface area contributed by atoms with Gasteiger partial charge in [-0.2, -0.15) is 0 Å². The zero-order chi connectivity index (χ0) is 36.0. The van der Waals surface area contributed by atoms with E-state index in [1.165, 1.54) is 4.90 Å².